The Morgan fingerprint density at radius 1 is 1.27 bits per heavy atom. The van der Waals surface area contributed by atoms with Gasteiger partial charge in [-0.1, -0.05) is 19.8 Å². The maximum atomic E-state index is 14.9. The van der Waals surface area contributed by atoms with Gasteiger partial charge >= 0.3 is 0 Å². The van der Waals surface area contributed by atoms with Crippen molar-refractivity contribution in [2.75, 3.05) is 5.32 Å². The van der Waals surface area contributed by atoms with Crippen molar-refractivity contribution in [3.63, 3.8) is 0 Å². The first kappa shape index (κ1) is 20.4. The number of aromatic nitrogens is 3. The molecule has 2 aromatic heterocycles. The highest BCUT2D eigenvalue weighted by Crippen LogP contribution is 2.32. The Bertz CT molecular complexity index is 1130. The summed E-state index contributed by atoms with van der Waals surface area (Å²) in [6.07, 6.45) is 4.71. The Hall–Kier alpha value is -2.90. The first-order valence-electron chi connectivity index (χ1n) is 10.2. The molecule has 0 unspecified atom stereocenters. The molecule has 0 amide bonds. The van der Waals surface area contributed by atoms with Crippen LogP contribution in [0.1, 0.15) is 51.0 Å². The summed E-state index contributed by atoms with van der Waals surface area (Å²) in [6, 6.07) is 4.54. The van der Waals surface area contributed by atoms with Crippen molar-refractivity contribution >= 4 is 16.6 Å². The molecule has 2 heterocycles. The second-order valence-corrected chi connectivity index (χ2v) is 7.66. The third kappa shape index (κ3) is 4.17. The zero-order valence-electron chi connectivity index (χ0n) is 16.7. The maximum Gasteiger partial charge on any atom is 0.268 e. The fourth-order valence-electron chi connectivity index (χ4n) is 3.40. The molecule has 0 atom stereocenters. The smallest absolute Gasteiger partial charge is 0.268 e. The minimum Gasteiger partial charge on any atom is -0.367 e. The van der Waals surface area contributed by atoms with E-state index in [4.69, 9.17) is 0 Å². The lowest BCUT2D eigenvalue weighted by molar-refractivity contribution is 0.151. The van der Waals surface area contributed by atoms with Crippen molar-refractivity contribution in [3.8, 4) is 11.4 Å². The predicted molar refractivity (Wildman–Crippen MR) is 110 cm³/mol. The van der Waals surface area contributed by atoms with E-state index in [0.717, 1.165) is 38.3 Å². The molecule has 1 aliphatic carbocycles. The second kappa shape index (κ2) is 8.45. The van der Waals surface area contributed by atoms with E-state index in [0.29, 0.717) is 11.9 Å². The zero-order valence-corrected chi connectivity index (χ0v) is 16.7. The van der Waals surface area contributed by atoms with E-state index in [2.05, 4.69) is 22.2 Å². The number of hydrogen-bond donors (Lipinski definition) is 1. The molecule has 158 valence electrons. The first-order chi connectivity index (χ1) is 14.5. The highest BCUT2D eigenvalue weighted by Gasteiger charge is 2.26. The summed E-state index contributed by atoms with van der Waals surface area (Å²) < 4.78 is 43.0. The van der Waals surface area contributed by atoms with Crippen LogP contribution in [0.15, 0.2) is 35.4 Å². The van der Waals surface area contributed by atoms with E-state index in [1.807, 2.05) is 0 Å². The molecule has 1 fully saturated rings. The van der Waals surface area contributed by atoms with E-state index < -0.39 is 12.2 Å². The molecule has 5 nitrogen and oxygen atoms in total. The van der Waals surface area contributed by atoms with Crippen LogP contribution in [-0.2, 0) is 6.54 Å². The van der Waals surface area contributed by atoms with Gasteiger partial charge in [0.1, 0.15) is 11.6 Å². The lowest BCUT2D eigenvalue weighted by atomic mass is 10.1. The number of alkyl halides is 2. The average Bonchev–Trinajstić information content (AvgIpc) is 3.54. The van der Waals surface area contributed by atoms with Gasteiger partial charge in [-0.3, -0.25) is 4.79 Å². The summed E-state index contributed by atoms with van der Waals surface area (Å²) in [6.45, 7) is 2.67. The molecule has 1 aromatic carbocycles. The van der Waals surface area contributed by atoms with Crippen LogP contribution in [-0.4, -0.2) is 20.6 Å². The number of rotatable bonds is 8. The summed E-state index contributed by atoms with van der Waals surface area (Å²) in [5.74, 6) is -0.620. The van der Waals surface area contributed by atoms with Crippen LogP contribution in [0.2, 0.25) is 0 Å². The number of fused-ring (bicyclic) bond motifs is 1. The molecule has 0 bridgehead atoms. The number of anilines is 1. The SMILES string of the molecule is CCCCCn1ccc2cc(-c3ncc(C(F)F)c(NC4CC4)n3)c(F)cc2c1=O. The average molecular weight is 416 g/mol. The van der Waals surface area contributed by atoms with Crippen LogP contribution >= 0.6 is 0 Å². The molecule has 1 saturated carbocycles. The number of hydrogen-bond acceptors (Lipinski definition) is 4. The van der Waals surface area contributed by atoms with Gasteiger partial charge in [0.25, 0.3) is 12.0 Å². The Kier molecular flexibility index (Phi) is 5.74. The first-order valence-corrected chi connectivity index (χ1v) is 10.2. The summed E-state index contributed by atoms with van der Waals surface area (Å²) in [5, 5.41) is 3.80. The molecular weight excluding hydrogens is 393 g/mol. The minimum atomic E-state index is -2.73. The quantitative estimate of drug-likeness (QED) is 0.506. The van der Waals surface area contributed by atoms with Gasteiger partial charge < -0.3 is 9.88 Å². The van der Waals surface area contributed by atoms with E-state index in [-0.39, 0.29) is 39.8 Å². The standard InChI is InChI=1S/C22H23F3N4O/c1-2-3-4-8-29-9-7-13-10-16(18(23)11-15(13)22(29)30)20-26-12-17(19(24)25)21(28-20)27-14-5-6-14/h7,9-12,14,19H,2-6,8H2,1H3,(H,26,27,28). The minimum absolute atomic E-state index is 0.00840. The molecule has 3 aromatic rings. The summed E-state index contributed by atoms with van der Waals surface area (Å²) in [4.78, 5) is 20.8. The van der Waals surface area contributed by atoms with E-state index >= 15 is 0 Å². The van der Waals surface area contributed by atoms with Gasteiger partial charge in [0, 0.05) is 25.0 Å². The van der Waals surface area contributed by atoms with Crippen molar-refractivity contribution in [2.45, 2.75) is 58.0 Å². The van der Waals surface area contributed by atoms with Crippen LogP contribution in [0, 0.1) is 5.82 Å². The van der Waals surface area contributed by atoms with Crippen LogP contribution in [0.25, 0.3) is 22.2 Å². The van der Waals surface area contributed by atoms with E-state index in [9.17, 15) is 18.0 Å². The van der Waals surface area contributed by atoms with Crippen molar-refractivity contribution in [2.24, 2.45) is 0 Å². The van der Waals surface area contributed by atoms with Gasteiger partial charge in [-0.05, 0) is 42.8 Å². The third-order valence-corrected chi connectivity index (χ3v) is 5.28. The molecular formula is C22H23F3N4O. The molecule has 0 spiro atoms. The predicted octanol–water partition coefficient (Wildman–Crippen LogP) is 5.30. The summed E-state index contributed by atoms with van der Waals surface area (Å²) >= 11 is 0. The van der Waals surface area contributed by atoms with Gasteiger partial charge in [-0.2, -0.15) is 0 Å². The number of unbranched alkanes of at least 4 members (excludes halogenated alkanes) is 2. The van der Waals surface area contributed by atoms with Gasteiger partial charge in [0.15, 0.2) is 5.82 Å². The van der Waals surface area contributed by atoms with E-state index in [1.54, 1.807) is 16.8 Å². The number of aryl methyl sites for hydroxylation is 1. The van der Waals surface area contributed by atoms with Crippen molar-refractivity contribution < 1.29 is 13.2 Å². The Balaban J connectivity index is 1.73. The highest BCUT2D eigenvalue weighted by molar-refractivity contribution is 5.86. The molecule has 1 aliphatic rings. The lowest BCUT2D eigenvalue weighted by Crippen LogP contribution is -2.19. The van der Waals surface area contributed by atoms with Crippen LogP contribution in [0.5, 0.6) is 0 Å². The number of nitrogens with zero attached hydrogens (tertiary/aromatic N) is 3. The summed E-state index contributed by atoms with van der Waals surface area (Å²) in [5.41, 5.74) is -0.480. The molecule has 1 N–H and O–H groups in total. The Labute approximate surface area is 172 Å². The second-order valence-electron chi connectivity index (χ2n) is 7.66. The normalized spacial score (nSPS) is 13.9. The fourth-order valence-corrected chi connectivity index (χ4v) is 3.40. The number of nitrogens with one attached hydrogen (secondary N) is 1. The third-order valence-electron chi connectivity index (χ3n) is 5.28. The summed E-state index contributed by atoms with van der Waals surface area (Å²) in [7, 11) is 0. The van der Waals surface area contributed by atoms with Crippen LogP contribution in [0.4, 0.5) is 19.0 Å². The monoisotopic (exact) mass is 416 g/mol. The molecule has 4 rings (SSSR count). The van der Waals surface area contributed by atoms with Crippen molar-refractivity contribution in [1.29, 1.82) is 0 Å². The van der Waals surface area contributed by atoms with Crippen LogP contribution < -0.4 is 10.9 Å². The lowest BCUT2D eigenvalue weighted by Gasteiger charge is -2.12. The van der Waals surface area contributed by atoms with E-state index in [1.165, 1.54) is 12.1 Å². The highest BCUT2D eigenvalue weighted by atomic mass is 19.3. The van der Waals surface area contributed by atoms with Gasteiger partial charge in [-0.15, -0.1) is 0 Å². The molecule has 0 aliphatic heterocycles. The molecule has 30 heavy (non-hydrogen) atoms. The Morgan fingerprint density at radius 3 is 2.77 bits per heavy atom. The largest absolute Gasteiger partial charge is 0.367 e. The van der Waals surface area contributed by atoms with Gasteiger partial charge in [0.05, 0.1) is 16.5 Å². The zero-order chi connectivity index (χ0) is 21.3. The topological polar surface area (TPSA) is 59.8 Å². The Morgan fingerprint density at radius 2 is 2.07 bits per heavy atom. The molecule has 8 heteroatoms. The number of benzene rings is 1. The van der Waals surface area contributed by atoms with Gasteiger partial charge in [-0.25, -0.2) is 23.1 Å². The number of halogens is 3. The van der Waals surface area contributed by atoms with Crippen molar-refractivity contribution in [3.05, 3.63) is 52.3 Å². The van der Waals surface area contributed by atoms with Gasteiger partial charge in [0.2, 0.25) is 0 Å². The molecule has 0 saturated heterocycles. The fraction of sp³-hybridized carbons (Fsp3) is 0.409. The molecule has 0 radical (unpaired) electrons. The maximum absolute atomic E-state index is 14.9. The van der Waals surface area contributed by atoms with Crippen LogP contribution in [0.3, 0.4) is 0 Å². The van der Waals surface area contributed by atoms with Crippen molar-refractivity contribution in [1.82, 2.24) is 14.5 Å². The number of pyridine rings is 1.